The maximum absolute atomic E-state index is 10.4. The molecule has 5 heterocycles. The van der Waals surface area contributed by atoms with E-state index in [-0.39, 0.29) is 34.0 Å². The third kappa shape index (κ3) is 23.3. The first-order chi connectivity index (χ1) is 69.5. The molecule has 0 radical (unpaired) electrons. The van der Waals surface area contributed by atoms with Crippen molar-refractivity contribution in [3.8, 4) is 55.6 Å². The van der Waals surface area contributed by atoms with Gasteiger partial charge in [0.2, 0.25) is 11.8 Å². The number of carbonyl (C=O) groups excluding carboxylic acids is 2. The summed E-state index contributed by atoms with van der Waals surface area (Å²) in [7, 11) is -5.23. The number of hydrogen-bond acceptors (Lipinski definition) is 10. The van der Waals surface area contributed by atoms with Gasteiger partial charge in [-0.2, -0.15) is 0 Å². The molecule has 6 aliphatic carbocycles. The van der Waals surface area contributed by atoms with Crippen LogP contribution >= 0.6 is 48.0 Å². The SMILES string of the molecule is Cc1cc2c(c(-c3ccccc3)c1C)C=C(Br)C2.Cc1cc2c(c(-c3ccccc3)c1C)C=CC2.Cc1cc2c(c(Br)c1C)C=CC2.Cc1ccc(B(O)O)o1.Cc1ccc(C2=Cc3c(cc(C)c(C)c3-c3ccccc3)C2)o1.Cc1ccc(C2=Cc3c(cc(C)c(C)c3-c3ccccc3)C2[Si](C)(C)C2C(c3ccc(C)o3)=Cc3c2cc(C)c(C)c3-c2ccccc2)o1.O.O=C1CCC(=O)N1Br.OB(O)c1ccccc1. The highest BCUT2D eigenvalue weighted by Gasteiger charge is 2.51. The Morgan fingerprint density at radius 2 is 0.658 bits per heavy atom. The van der Waals surface area contributed by atoms with Crippen molar-refractivity contribution in [2.24, 2.45) is 0 Å². The summed E-state index contributed by atoms with van der Waals surface area (Å²) in [5, 5.41) is 34.2. The summed E-state index contributed by atoms with van der Waals surface area (Å²) < 4.78 is 27.2. The summed E-state index contributed by atoms with van der Waals surface area (Å²) in [6.07, 6.45) is 23.3. The Kier molecular flexibility index (Phi) is 34.3. The van der Waals surface area contributed by atoms with Gasteiger partial charge >= 0.3 is 14.2 Å². The fraction of sp³-hybridized carbons (Fsp3) is 0.203. The molecule has 1 fully saturated rings. The van der Waals surface area contributed by atoms with Crippen LogP contribution in [0.5, 0.6) is 0 Å². The van der Waals surface area contributed by atoms with E-state index in [2.05, 4.69) is 425 Å². The molecule has 2 atom stereocenters. The fourth-order valence-electron chi connectivity index (χ4n) is 21.1. The number of hydrogen-bond donors (Lipinski definition) is 4. The Morgan fingerprint density at radius 3 is 1.00 bits per heavy atom. The van der Waals surface area contributed by atoms with E-state index in [1.54, 1.807) is 37.3 Å². The lowest BCUT2D eigenvalue weighted by atomic mass is 9.81. The predicted molar refractivity (Wildman–Crippen MR) is 620 cm³/mol. The zero-order chi connectivity index (χ0) is 103. The van der Waals surface area contributed by atoms with Crippen LogP contribution in [0.25, 0.3) is 109 Å². The number of aryl methyl sites for hydroxylation is 10. The average molecular weight is 2140 g/mol. The molecule has 7 aliphatic rings. The molecule has 0 spiro atoms. The molecule has 6 N–H and O–H groups in total. The van der Waals surface area contributed by atoms with Crippen molar-refractivity contribution in [2.75, 3.05) is 0 Å². The molecule has 2 unspecified atom stereocenters. The van der Waals surface area contributed by atoms with Crippen LogP contribution in [0.3, 0.4) is 0 Å². The van der Waals surface area contributed by atoms with Gasteiger partial charge in [0.05, 0.1) is 30.0 Å². The minimum Gasteiger partial charge on any atom is -0.470 e. The Labute approximate surface area is 887 Å². The topological polar surface area (TPSA) is 202 Å². The van der Waals surface area contributed by atoms with E-state index in [0.717, 1.165) is 64.2 Å². The van der Waals surface area contributed by atoms with Crippen LogP contribution in [0.2, 0.25) is 13.1 Å². The maximum atomic E-state index is 10.4. The highest BCUT2D eigenvalue weighted by molar-refractivity contribution is 9.11. The van der Waals surface area contributed by atoms with Crippen LogP contribution < -0.4 is 11.1 Å². The minimum absolute atomic E-state index is 0. The number of carbonyl (C=O) groups is 2. The summed E-state index contributed by atoms with van der Waals surface area (Å²) in [5.74, 6) is 6.20. The molecular formula is C128H126B2Br3NO11Si. The number of halogens is 3. The number of nitrogens with zero attached hydrogens (tertiary/aromatic N) is 1. The molecule has 0 saturated carbocycles. The fourth-order valence-corrected chi connectivity index (χ4v) is 27.1. The first kappa shape index (κ1) is 107. The lowest BCUT2D eigenvalue weighted by Gasteiger charge is -2.40. The molecule has 23 rings (SSSR count). The van der Waals surface area contributed by atoms with Crippen LogP contribution in [0.1, 0.15) is 198 Å². The molecule has 146 heavy (non-hydrogen) atoms. The Hall–Kier alpha value is -13.1. The van der Waals surface area contributed by atoms with Crippen LogP contribution in [0, 0.1) is 111 Å². The molecule has 4 aromatic heterocycles. The van der Waals surface area contributed by atoms with Crippen LogP contribution in [0.15, 0.2) is 306 Å². The molecule has 2 amide bonds. The largest absolute Gasteiger partial charge is 0.526 e. The van der Waals surface area contributed by atoms with Crippen LogP contribution in [0.4, 0.5) is 0 Å². The Balaban J connectivity index is 0.000000138. The van der Waals surface area contributed by atoms with Gasteiger partial charge in [-0.05, 0) is 413 Å². The smallest absolute Gasteiger partial charge is 0.470 e. The van der Waals surface area contributed by atoms with Crippen molar-refractivity contribution in [3.63, 3.8) is 0 Å². The molecule has 12 aromatic carbocycles. The zero-order valence-corrected chi connectivity index (χ0v) is 92.2. The highest BCUT2D eigenvalue weighted by atomic mass is 79.9. The van der Waals surface area contributed by atoms with Crippen LogP contribution in [-0.2, 0) is 35.3 Å². The van der Waals surface area contributed by atoms with Crippen molar-refractivity contribution in [2.45, 2.75) is 173 Å². The molecule has 16 aromatic rings. The van der Waals surface area contributed by atoms with E-state index in [9.17, 15) is 9.59 Å². The van der Waals surface area contributed by atoms with Crippen molar-refractivity contribution in [1.29, 1.82) is 0 Å². The number of amides is 2. The van der Waals surface area contributed by atoms with Gasteiger partial charge in [0.15, 0.2) is 0 Å². The molecular weight excluding hydrogens is 2020 g/mol. The van der Waals surface area contributed by atoms with E-state index in [0.29, 0.717) is 24.1 Å². The van der Waals surface area contributed by atoms with E-state index in [1.165, 1.54) is 221 Å². The third-order valence-electron chi connectivity index (χ3n) is 29.1. The van der Waals surface area contributed by atoms with Gasteiger partial charge in [-0.3, -0.25) is 9.59 Å². The van der Waals surface area contributed by atoms with Gasteiger partial charge in [-0.15, -0.1) is 0 Å². The van der Waals surface area contributed by atoms with Gasteiger partial charge in [0.25, 0.3) is 0 Å². The monoisotopic (exact) mass is 2140 g/mol. The molecule has 740 valence electrons. The van der Waals surface area contributed by atoms with Gasteiger partial charge in [-0.1, -0.05) is 272 Å². The molecule has 0 bridgehead atoms. The number of fused-ring (bicyclic) bond motifs is 6. The standard InChI is InChI=1S/C46H44O2Si.C22H20O.C17H15Br.C17H16.C11H11Br.C6H7BO2.C5H7BO3.C4H4BrNO2.H2O/c1-27-23-37-35(43(31(27)5)33-15-11-9-12-16-33)25-39(41-21-19-29(3)47-41)45(37)49(7,8)46-38-24-28(2)32(6)44(34-17-13-10-14-18-34)36(38)26-40(46)42-22-20-30(4)48-42;1-14-11-18-12-19(21-10-9-15(2)23-21)13-20(18)22(16(14)3)17-7-5-4-6-8-17;1-11-8-14-9-15(18)10-16(14)17(12(11)2)13-6-4-3-5-7-13;1-12-11-15-9-6-10-16(15)17(13(12)2)14-7-4-3-5-8-14;1-7-6-9-4-3-5-10(9)11(12)8(7)2;8-7(9)6-4-2-1-3-5-6;1-4-2-3-5(9-4)6(7)8;5-6-3(7)1-2-4(6)8;/h9-26,45-46H,1-8H3;4-11,13H,12H2,1-3H3;3-8,10H,9H2,1-2H3;3-8,10-11H,9H2,1-2H3;3,5-6H,4H2,1-2H3;1-5,8-9H;2-3,7-8H,1H3;1-2H2;1H2. The molecule has 1 aliphatic heterocycles. The first-order valence-corrected chi connectivity index (χ1v) is 55.1. The van der Waals surface area contributed by atoms with Gasteiger partial charge < -0.3 is 43.2 Å². The number of furan rings is 4. The highest BCUT2D eigenvalue weighted by Crippen LogP contribution is 2.60. The van der Waals surface area contributed by atoms with E-state index in [4.69, 9.17) is 37.8 Å². The third-order valence-corrected chi connectivity index (χ3v) is 35.7. The summed E-state index contributed by atoms with van der Waals surface area (Å²) >= 11 is 10.1. The second-order valence-electron chi connectivity index (χ2n) is 39.3. The quantitative estimate of drug-likeness (QED) is 0.0518. The van der Waals surface area contributed by atoms with Gasteiger partial charge in [0.1, 0.15) is 40.2 Å². The second kappa shape index (κ2) is 46.8. The van der Waals surface area contributed by atoms with Crippen LogP contribution in [-0.4, -0.2) is 63.6 Å². The van der Waals surface area contributed by atoms with Crippen molar-refractivity contribution < 1.29 is 52.8 Å². The molecule has 1 saturated heterocycles. The second-order valence-corrected chi connectivity index (χ2v) is 46.7. The minimum atomic E-state index is -2.40. The first-order valence-electron chi connectivity index (χ1n) is 49.6. The zero-order valence-electron chi connectivity index (χ0n) is 86.4. The van der Waals surface area contributed by atoms with Crippen molar-refractivity contribution >= 4 is 146 Å². The summed E-state index contributed by atoms with van der Waals surface area (Å²) in [6, 6.07) is 92.7. The van der Waals surface area contributed by atoms with Crippen molar-refractivity contribution in [1.82, 2.24) is 3.93 Å². The Morgan fingerprint density at radius 1 is 0.336 bits per heavy atom. The molecule has 12 nitrogen and oxygen atoms in total. The lowest BCUT2D eigenvalue weighted by molar-refractivity contribution is -0.131. The van der Waals surface area contributed by atoms with Gasteiger partial charge in [-0.25, -0.2) is 3.93 Å². The predicted octanol–water partition coefficient (Wildman–Crippen LogP) is 30.5. The average Bonchev–Trinajstić information content (AvgIpc) is 1.54. The molecule has 18 heteroatoms. The summed E-state index contributed by atoms with van der Waals surface area (Å²) in [5.41, 5.74) is 51.5. The van der Waals surface area contributed by atoms with Crippen molar-refractivity contribution in [3.05, 3.63) is 462 Å². The van der Waals surface area contributed by atoms with E-state index < -0.39 is 22.3 Å². The number of rotatable bonds is 12. The maximum Gasteiger partial charge on any atom is 0.526 e. The number of imide groups is 1. The summed E-state index contributed by atoms with van der Waals surface area (Å²) in [6.45, 7) is 39.8. The summed E-state index contributed by atoms with van der Waals surface area (Å²) in [4.78, 5) is 20.9. The number of allylic oxidation sites excluding steroid dienone is 6. The van der Waals surface area contributed by atoms with E-state index in [1.807, 2.05) is 19.1 Å². The van der Waals surface area contributed by atoms with Gasteiger partial charge in [0, 0.05) is 56.9 Å². The normalized spacial score (nSPS) is 14.2. The lowest BCUT2D eigenvalue weighted by Crippen LogP contribution is -2.42. The Bertz CT molecular complexity index is 7550. The number of benzene rings is 12. The van der Waals surface area contributed by atoms with E-state index >= 15 is 0 Å².